The Kier molecular flexibility index (Phi) is 8.92. The summed E-state index contributed by atoms with van der Waals surface area (Å²) in [7, 11) is 3.37. The third-order valence-electron chi connectivity index (χ3n) is 11.9. The molecule has 2 unspecified atom stereocenters. The largest absolute Gasteiger partial charge is 0.497 e. The van der Waals surface area contributed by atoms with Crippen LogP contribution >= 0.6 is 0 Å². The lowest BCUT2D eigenvalue weighted by molar-refractivity contribution is 0.143. The van der Waals surface area contributed by atoms with Gasteiger partial charge in [-0.2, -0.15) is 0 Å². The van der Waals surface area contributed by atoms with Gasteiger partial charge in [0, 0.05) is 52.8 Å². The molecule has 286 valence electrons. The lowest BCUT2D eigenvalue weighted by Gasteiger charge is -2.40. The summed E-state index contributed by atoms with van der Waals surface area (Å²) in [5, 5.41) is 16.2. The number of benzene rings is 6. The van der Waals surface area contributed by atoms with Gasteiger partial charge in [-0.1, -0.05) is 111 Å². The molecule has 0 bridgehead atoms. The minimum absolute atomic E-state index is 0.185. The molecule has 0 spiro atoms. The molecule has 6 aromatic rings. The van der Waals surface area contributed by atoms with Crippen molar-refractivity contribution in [3.05, 3.63) is 160 Å². The quantitative estimate of drug-likeness (QED) is 0.165. The van der Waals surface area contributed by atoms with Crippen molar-refractivity contribution in [3.63, 3.8) is 0 Å². The Balaban J connectivity index is 1.22. The predicted octanol–water partition coefficient (Wildman–Crippen LogP) is 9.79. The first-order chi connectivity index (χ1) is 27.5. The number of nitrogens with one attached hydrogen (secondary N) is 1. The first-order valence-electron chi connectivity index (χ1n) is 19.8. The summed E-state index contributed by atoms with van der Waals surface area (Å²) in [5.74, 6) is 8.54. The number of fused-ring (bicyclic) bond motifs is 8. The van der Waals surface area contributed by atoms with Crippen molar-refractivity contribution in [2.45, 2.75) is 50.4 Å². The number of anilines is 1. The molecule has 2 atom stereocenters. The minimum Gasteiger partial charge on any atom is -0.497 e. The summed E-state index contributed by atoms with van der Waals surface area (Å²) in [6.45, 7) is 10.7. The van der Waals surface area contributed by atoms with Crippen LogP contribution in [0, 0.1) is 11.8 Å². The Morgan fingerprint density at radius 3 is 2.28 bits per heavy atom. The van der Waals surface area contributed by atoms with Crippen LogP contribution in [-0.4, -0.2) is 44.6 Å². The van der Waals surface area contributed by atoms with E-state index in [1.54, 1.807) is 28.1 Å². The zero-order valence-electron chi connectivity index (χ0n) is 33.4. The molecule has 0 saturated carbocycles. The summed E-state index contributed by atoms with van der Waals surface area (Å²) < 4.78 is 19.1. The van der Waals surface area contributed by atoms with Crippen molar-refractivity contribution in [2.24, 2.45) is 0 Å². The van der Waals surface area contributed by atoms with E-state index < -0.39 is 11.2 Å². The van der Waals surface area contributed by atoms with Crippen molar-refractivity contribution in [1.29, 1.82) is 0 Å². The van der Waals surface area contributed by atoms with Crippen molar-refractivity contribution in [3.8, 4) is 40.2 Å². The molecule has 0 aromatic heterocycles. The highest BCUT2D eigenvalue weighted by atomic mass is 16.5. The van der Waals surface area contributed by atoms with Gasteiger partial charge in [0.2, 0.25) is 0 Å². The first-order valence-corrected chi connectivity index (χ1v) is 19.8. The third-order valence-corrected chi connectivity index (χ3v) is 11.9. The van der Waals surface area contributed by atoms with Crippen LogP contribution in [0.4, 0.5) is 5.69 Å². The van der Waals surface area contributed by atoms with Crippen LogP contribution in [-0.2, 0) is 11.0 Å². The van der Waals surface area contributed by atoms with E-state index in [0.29, 0.717) is 11.3 Å². The van der Waals surface area contributed by atoms with Crippen LogP contribution < -0.4 is 24.4 Å². The molecule has 1 fully saturated rings. The summed E-state index contributed by atoms with van der Waals surface area (Å²) >= 11 is 0. The molecule has 6 nitrogen and oxygen atoms in total. The van der Waals surface area contributed by atoms with Gasteiger partial charge in [0.15, 0.2) is 5.60 Å². The second-order valence-electron chi connectivity index (χ2n) is 16.3. The molecule has 2 N–H and O–H groups in total. The lowest BCUT2D eigenvalue weighted by Crippen LogP contribution is -2.46. The van der Waals surface area contributed by atoms with Gasteiger partial charge in [-0.15, -0.1) is 0 Å². The first kappa shape index (κ1) is 36.6. The third kappa shape index (κ3) is 6.14. The molecule has 1 aliphatic carbocycles. The van der Waals surface area contributed by atoms with Gasteiger partial charge in [0.05, 0.1) is 25.8 Å². The van der Waals surface area contributed by atoms with Gasteiger partial charge in [0.1, 0.15) is 22.8 Å². The minimum atomic E-state index is -1.16. The zero-order valence-corrected chi connectivity index (χ0v) is 33.4. The van der Waals surface area contributed by atoms with Crippen LogP contribution in [0.25, 0.3) is 28.0 Å². The molecule has 2 heterocycles. The van der Waals surface area contributed by atoms with Gasteiger partial charge < -0.3 is 29.5 Å². The van der Waals surface area contributed by atoms with Crippen molar-refractivity contribution in [1.82, 2.24) is 5.32 Å². The second kappa shape index (κ2) is 13.9. The molecular weight excluding hydrogens is 705 g/mol. The monoisotopic (exact) mass is 752 g/mol. The Bertz CT molecular complexity index is 2590. The fourth-order valence-corrected chi connectivity index (χ4v) is 9.16. The van der Waals surface area contributed by atoms with Crippen molar-refractivity contribution in [2.75, 3.05) is 38.8 Å². The van der Waals surface area contributed by atoms with E-state index in [1.807, 2.05) is 18.2 Å². The van der Waals surface area contributed by atoms with Crippen molar-refractivity contribution < 1.29 is 19.3 Å². The average Bonchev–Trinajstić information content (AvgIpc) is 3.49. The lowest BCUT2D eigenvalue weighted by atomic mass is 9.76. The summed E-state index contributed by atoms with van der Waals surface area (Å²) in [6.07, 6.45) is 4.53. The van der Waals surface area contributed by atoms with Gasteiger partial charge in [-0.3, -0.25) is 0 Å². The molecule has 9 rings (SSSR count). The summed E-state index contributed by atoms with van der Waals surface area (Å²) in [6, 6.07) is 40.9. The zero-order chi connectivity index (χ0) is 39.5. The molecule has 2 aliphatic heterocycles. The van der Waals surface area contributed by atoms with Gasteiger partial charge in [0.25, 0.3) is 0 Å². The number of ether oxygens (including phenoxy) is 3. The van der Waals surface area contributed by atoms with E-state index in [0.717, 1.165) is 64.3 Å². The normalized spacial score (nSPS) is 19.1. The van der Waals surface area contributed by atoms with Crippen LogP contribution in [0.15, 0.2) is 121 Å². The Labute approximate surface area is 335 Å². The topological polar surface area (TPSA) is 63.2 Å². The molecule has 57 heavy (non-hydrogen) atoms. The maximum Gasteiger partial charge on any atom is 0.178 e. The highest BCUT2D eigenvalue weighted by molar-refractivity contribution is 6.09. The Morgan fingerprint density at radius 2 is 1.56 bits per heavy atom. The number of nitrogens with zero attached hydrogens (tertiary/aromatic N) is 1. The fourth-order valence-electron chi connectivity index (χ4n) is 9.16. The molecule has 0 amide bonds. The van der Waals surface area contributed by atoms with E-state index in [1.165, 1.54) is 27.8 Å². The Hall–Kier alpha value is -6.00. The number of rotatable bonds is 6. The van der Waals surface area contributed by atoms with Crippen LogP contribution in [0.1, 0.15) is 72.7 Å². The number of piperazine rings is 1. The van der Waals surface area contributed by atoms with Crippen LogP contribution in [0.3, 0.4) is 0 Å². The molecule has 0 radical (unpaired) electrons. The predicted molar refractivity (Wildman–Crippen MR) is 231 cm³/mol. The van der Waals surface area contributed by atoms with E-state index in [2.05, 4.69) is 145 Å². The molecule has 6 aromatic carbocycles. The van der Waals surface area contributed by atoms with Gasteiger partial charge in [-0.05, 0) is 89.5 Å². The second-order valence-corrected chi connectivity index (χ2v) is 16.3. The Morgan fingerprint density at radius 1 is 0.842 bits per heavy atom. The smallest absolute Gasteiger partial charge is 0.178 e. The molecular formula is C51H48N2O4. The molecule has 6 heteroatoms. The highest BCUT2D eigenvalue weighted by Gasteiger charge is 2.44. The van der Waals surface area contributed by atoms with Gasteiger partial charge in [-0.25, -0.2) is 0 Å². The number of hydrogen-bond acceptors (Lipinski definition) is 6. The van der Waals surface area contributed by atoms with E-state index >= 15 is 0 Å². The molecule has 3 aliphatic rings. The van der Waals surface area contributed by atoms with Crippen LogP contribution in [0.5, 0.6) is 17.2 Å². The number of methoxy groups -OCH3 is 2. The van der Waals surface area contributed by atoms with E-state index in [-0.39, 0.29) is 11.5 Å². The number of hydrogen-bond donors (Lipinski definition) is 2. The maximum atomic E-state index is 10.6. The maximum absolute atomic E-state index is 10.6. The standard InChI is InChI=1S/C51H48N2O4/c1-49(2,54)26-24-34-30-41-42(31-45(34)56-6)48-40(47-46(41)39-14-10-11-15-43(39)50(47,3)4)25-27-51(57-48,35-12-8-7-9-13-35)36-18-20-37(21-19-36)53-29-28-52-32-44(53)33-16-22-38(55-5)23-17-33/h7-23,25,27,30-31,44,52,54H,28-29,32H2,1-6H3. The van der Waals surface area contributed by atoms with Gasteiger partial charge >= 0.3 is 0 Å². The number of aliphatic hydroxyl groups is 1. The van der Waals surface area contributed by atoms with Crippen LogP contribution in [0.2, 0.25) is 0 Å². The summed E-state index contributed by atoms with van der Waals surface area (Å²) in [4.78, 5) is 2.49. The fraction of sp³-hybridized carbons (Fsp3) is 0.255. The van der Waals surface area contributed by atoms with Crippen molar-refractivity contribution >= 4 is 22.5 Å². The SMILES string of the molecule is COc1ccc(C2CNCCN2c2ccc(C3(c4ccccc4)C=Cc4c5c(c6cc(C#CC(C)(C)O)c(OC)cc6c4O3)-c3ccccc3C5(C)C)cc2)cc1. The highest BCUT2D eigenvalue weighted by Crippen LogP contribution is 2.58. The summed E-state index contributed by atoms with van der Waals surface area (Å²) in [5.41, 5.74) is 8.79. The van der Waals surface area contributed by atoms with E-state index in [4.69, 9.17) is 14.2 Å². The molecule has 1 saturated heterocycles. The average molecular weight is 753 g/mol. The van der Waals surface area contributed by atoms with E-state index in [9.17, 15) is 5.11 Å².